The molecule has 2 aromatic carbocycles. The third-order valence-corrected chi connectivity index (χ3v) is 6.88. The summed E-state index contributed by atoms with van der Waals surface area (Å²) in [5.41, 5.74) is 0.765. The third-order valence-electron chi connectivity index (χ3n) is 6.88. The molecule has 2 fully saturated rings. The van der Waals surface area contributed by atoms with Gasteiger partial charge in [0.15, 0.2) is 5.76 Å². The van der Waals surface area contributed by atoms with Gasteiger partial charge in [0.05, 0.1) is 11.7 Å². The van der Waals surface area contributed by atoms with Crippen LogP contribution in [0.3, 0.4) is 0 Å². The van der Waals surface area contributed by atoms with Crippen LogP contribution in [0, 0.1) is 11.6 Å². The van der Waals surface area contributed by atoms with E-state index in [1.54, 1.807) is 12.1 Å². The van der Waals surface area contributed by atoms with Gasteiger partial charge in [-0.15, -0.1) is 0 Å². The van der Waals surface area contributed by atoms with Crippen LogP contribution < -0.4 is 5.32 Å². The zero-order valence-electron chi connectivity index (χ0n) is 18.9. The van der Waals surface area contributed by atoms with E-state index in [1.165, 1.54) is 12.1 Å². The molecule has 1 atom stereocenters. The molecule has 2 saturated heterocycles. The first-order valence-electron chi connectivity index (χ1n) is 11.7. The van der Waals surface area contributed by atoms with Crippen molar-refractivity contribution in [3.63, 3.8) is 0 Å². The lowest BCUT2D eigenvalue weighted by molar-refractivity contribution is -0.0278. The van der Waals surface area contributed by atoms with E-state index < -0.39 is 17.2 Å². The Bertz CT molecular complexity index is 1180. The number of rotatable bonds is 6. The number of likely N-dealkylation sites (tertiary alicyclic amines) is 1. The fourth-order valence-electron chi connectivity index (χ4n) is 4.80. The minimum Gasteiger partial charge on any atom is -0.451 e. The number of piperidine rings is 1. The Morgan fingerprint density at radius 1 is 1.15 bits per heavy atom. The lowest BCUT2D eigenvalue weighted by Crippen LogP contribution is -2.42. The molecule has 8 heteroatoms. The van der Waals surface area contributed by atoms with Crippen LogP contribution in [0.2, 0.25) is 0 Å². The van der Waals surface area contributed by atoms with Gasteiger partial charge in [-0.2, -0.15) is 0 Å². The van der Waals surface area contributed by atoms with Crippen LogP contribution in [-0.2, 0) is 16.9 Å². The third kappa shape index (κ3) is 4.85. The average Bonchev–Trinajstić information content (AvgIpc) is 3.50. The van der Waals surface area contributed by atoms with E-state index in [9.17, 15) is 18.7 Å². The van der Waals surface area contributed by atoms with Crippen LogP contribution in [0.4, 0.5) is 8.78 Å². The molecule has 0 aliphatic carbocycles. The van der Waals surface area contributed by atoms with Crippen molar-refractivity contribution >= 4 is 16.9 Å². The second-order valence-corrected chi connectivity index (χ2v) is 9.25. The summed E-state index contributed by atoms with van der Waals surface area (Å²) in [7, 11) is 0. The molecule has 6 nitrogen and oxygen atoms in total. The van der Waals surface area contributed by atoms with Gasteiger partial charge in [0.25, 0.3) is 5.91 Å². The van der Waals surface area contributed by atoms with Crippen LogP contribution in [0.5, 0.6) is 0 Å². The quantitative estimate of drug-likeness (QED) is 0.567. The molecule has 5 rings (SSSR count). The average molecular weight is 471 g/mol. The van der Waals surface area contributed by atoms with E-state index in [0.717, 1.165) is 36.5 Å². The zero-order valence-corrected chi connectivity index (χ0v) is 18.9. The summed E-state index contributed by atoms with van der Waals surface area (Å²) in [5, 5.41) is 14.9. The van der Waals surface area contributed by atoms with Crippen LogP contribution in [-0.4, -0.2) is 48.3 Å². The molecule has 34 heavy (non-hydrogen) atoms. The summed E-state index contributed by atoms with van der Waals surface area (Å²) < 4.78 is 38.4. The Hall–Kier alpha value is -2.81. The summed E-state index contributed by atoms with van der Waals surface area (Å²) in [6.45, 7) is 2.71. The summed E-state index contributed by atoms with van der Waals surface area (Å²) in [5.74, 6) is -1.20. The Kier molecular flexibility index (Phi) is 6.38. The molecule has 1 unspecified atom stereocenters. The second kappa shape index (κ2) is 9.44. The molecule has 0 bridgehead atoms. The minimum absolute atomic E-state index is 0.0552. The number of aliphatic hydroxyl groups is 1. The SMILES string of the molecule is O=C(NCC1CCCO1)c1cc2cc(C3(O)CCN(Cc4ccc(F)cc4F)CC3)ccc2o1. The normalized spacial score (nSPS) is 20.6. The molecule has 0 radical (unpaired) electrons. The molecule has 1 aromatic heterocycles. The van der Waals surface area contributed by atoms with Crippen molar-refractivity contribution in [2.75, 3.05) is 26.2 Å². The van der Waals surface area contributed by atoms with Gasteiger partial charge in [-0.3, -0.25) is 9.69 Å². The minimum atomic E-state index is -1.02. The summed E-state index contributed by atoms with van der Waals surface area (Å²) in [6.07, 6.45) is 2.97. The number of carbonyl (C=O) groups excluding carboxylic acids is 1. The molecule has 2 aliphatic rings. The van der Waals surface area contributed by atoms with E-state index in [4.69, 9.17) is 9.15 Å². The summed E-state index contributed by atoms with van der Waals surface area (Å²) in [4.78, 5) is 14.5. The topological polar surface area (TPSA) is 74.9 Å². The van der Waals surface area contributed by atoms with Crippen LogP contribution in [0.25, 0.3) is 11.0 Å². The Labute approximate surface area is 196 Å². The monoisotopic (exact) mass is 470 g/mol. The first-order valence-corrected chi connectivity index (χ1v) is 11.7. The number of amides is 1. The van der Waals surface area contributed by atoms with Gasteiger partial charge in [0.2, 0.25) is 0 Å². The standard InChI is InChI=1S/C26H28F2N2O4/c27-20-5-3-17(22(28)14-20)16-30-9-7-26(32,8-10-30)19-4-6-23-18(12-19)13-24(34-23)25(31)29-15-21-2-1-11-33-21/h3-6,12-14,21,32H,1-2,7-11,15-16H2,(H,29,31). The highest BCUT2D eigenvalue weighted by Crippen LogP contribution is 2.35. The van der Waals surface area contributed by atoms with Crippen LogP contribution in [0.15, 0.2) is 46.9 Å². The molecule has 2 aliphatic heterocycles. The largest absolute Gasteiger partial charge is 0.451 e. The van der Waals surface area contributed by atoms with Gasteiger partial charge in [-0.25, -0.2) is 8.78 Å². The molecular formula is C26H28F2N2O4. The molecule has 3 heterocycles. The number of nitrogens with one attached hydrogen (secondary N) is 1. The van der Waals surface area contributed by atoms with Crippen molar-refractivity contribution in [1.82, 2.24) is 10.2 Å². The number of hydrogen-bond acceptors (Lipinski definition) is 5. The van der Waals surface area contributed by atoms with Gasteiger partial charge in [0, 0.05) is 49.8 Å². The fraction of sp³-hybridized carbons (Fsp3) is 0.423. The maximum atomic E-state index is 14.0. The molecule has 2 N–H and O–H groups in total. The molecule has 1 amide bonds. The zero-order chi connectivity index (χ0) is 23.7. The molecule has 3 aromatic rings. The van der Waals surface area contributed by atoms with E-state index >= 15 is 0 Å². The first kappa shape index (κ1) is 23.0. The Balaban J connectivity index is 1.23. The van der Waals surface area contributed by atoms with Crippen molar-refractivity contribution in [2.24, 2.45) is 0 Å². The molecular weight excluding hydrogens is 442 g/mol. The highest BCUT2D eigenvalue weighted by atomic mass is 19.1. The van der Waals surface area contributed by atoms with Crippen molar-refractivity contribution in [3.05, 3.63) is 71.0 Å². The van der Waals surface area contributed by atoms with Gasteiger partial charge < -0.3 is 19.6 Å². The number of fused-ring (bicyclic) bond motifs is 1. The number of ether oxygens (including phenoxy) is 1. The predicted molar refractivity (Wildman–Crippen MR) is 122 cm³/mol. The van der Waals surface area contributed by atoms with E-state index in [2.05, 4.69) is 10.2 Å². The number of nitrogens with zero attached hydrogens (tertiary/aromatic N) is 1. The van der Waals surface area contributed by atoms with Gasteiger partial charge >= 0.3 is 0 Å². The fourth-order valence-corrected chi connectivity index (χ4v) is 4.80. The molecule has 180 valence electrons. The smallest absolute Gasteiger partial charge is 0.287 e. The van der Waals surface area contributed by atoms with Crippen LogP contribution in [0.1, 0.15) is 47.4 Å². The van der Waals surface area contributed by atoms with Crippen molar-refractivity contribution in [2.45, 2.75) is 43.9 Å². The lowest BCUT2D eigenvalue weighted by Gasteiger charge is -2.38. The number of furan rings is 1. The first-order chi connectivity index (χ1) is 16.4. The number of benzene rings is 2. The predicted octanol–water partition coefficient (Wildman–Crippen LogP) is 4.10. The lowest BCUT2D eigenvalue weighted by atomic mass is 9.84. The number of carbonyl (C=O) groups is 1. The van der Waals surface area contributed by atoms with Crippen molar-refractivity contribution in [1.29, 1.82) is 0 Å². The summed E-state index contributed by atoms with van der Waals surface area (Å²) in [6, 6.07) is 10.8. The van der Waals surface area contributed by atoms with Crippen molar-refractivity contribution in [3.8, 4) is 0 Å². The van der Waals surface area contributed by atoms with E-state index in [1.807, 2.05) is 12.1 Å². The Morgan fingerprint density at radius 2 is 1.97 bits per heavy atom. The van der Waals surface area contributed by atoms with E-state index in [0.29, 0.717) is 50.2 Å². The summed E-state index contributed by atoms with van der Waals surface area (Å²) >= 11 is 0. The number of hydrogen-bond donors (Lipinski definition) is 2. The molecule has 0 spiro atoms. The van der Waals surface area contributed by atoms with Gasteiger partial charge in [-0.1, -0.05) is 12.1 Å². The highest BCUT2D eigenvalue weighted by molar-refractivity contribution is 5.96. The van der Waals surface area contributed by atoms with Crippen LogP contribution >= 0.6 is 0 Å². The maximum absolute atomic E-state index is 14.0. The van der Waals surface area contributed by atoms with Crippen molar-refractivity contribution < 1.29 is 27.8 Å². The highest BCUT2D eigenvalue weighted by Gasteiger charge is 2.34. The van der Waals surface area contributed by atoms with Gasteiger partial charge in [-0.05, 0) is 55.5 Å². The van der Waals surface area contributed by atoms with Gasteiger partial charge in [0.1, 0.15) is 17.2 Å². The second-order valence-electron chi connectivity index (χ2n) is 9.25. The number of halogens is 2. The Morgan fingerprint density at radius 3 is 2.71 bits per heavy atom. The molecule has 0 saturated carbocycles. The van der Waals surface area contributed by atoms with E-state index in [-0.39, 0.29) is 17.8 Å². The maximum Gasteiger partial charge on any atom is 0.287 e.